The molecule has 7 rings (SSSR count). The maximum absolute atomic E-state index is 14.4. The van der Waals surface area contributed by atoms with Gasteiger partial charge in [0.05, 0.1) is 25.4 Å². The number of amides is 7. The molecule has 406 valence electrons. The van der Waals surface area contributed by atoms with Crippen LogP contribution >= 0.6 is 0 Å². The van der Waals surface area contributed by atoms with Gasteiger partial charge in [0.2, 0.25) is 35.4 Å². The zero-order chi connectivity index (χ0) is 54.5. The Labute approximate surface area is 441 Å². The summed E-state index contributed by atoms with van der Waals surface area (Å²) in [5, 5.41) is 55.4. The Balaban J connectivity index is 1.10. The van der Waals surface area contributed by atoms with Crippen LogP contribution in [0.5, 0.6) is 11.5 Å². The zero-order valence-electron chi connectivity index (χ0n) is 42.9. The van der Waals surface area contributed by atoms with E-state index in [-0.39, 0.29) is 69.5 Å². The molecule has 3 fully saturated rings. The number of benzene rings is 4. The minimum atomic E-state index is -1.68. The quantitative estimate of drug-likeness (QED) is 0.0805. The normalized spacial score (nSPS) is 24.5. The van der Waals surface area contributed by atoms with Crippen LogP contribution in [0.4, 0.5) is 0 Å². The predicted octanol–water partition coefficient (Wildman–Crippen LogP) is 1.65. The third-order valence-corrected chi connectivity index (χ3v) is 14.1. The van der Waals surface area contributed by atoms with Gasteiger partial charge in [0.1, 0.15) is 47.8 Å². The molecule has 0 unspecified atom stereocenters. The smallest absolute Gasteiger partial charge is 0.251 e. The third kappa shape index (κ3) is 14.5. The van der Waals surface area contributed by atoms with Crippen LogP contribution < -0.4 is 37.1 Å². The minimum Gasteiger partial charge on any atom is -0.508 e. The Morgan fingerprint density at radius 3 is 1.95 bits per heavy atom. The molecular formula is C56H70N8O12. The summed E-state index contributed by atoms with van der Waals surface area (Å²) in [6.07, 6.45) is 0.399. The number of aliphatic hydroxyl groups excluding tert-OH is 3. The number of aromatic hydroxyl groups is 1. The number of nitrogens with zero attached hydrogens (tertiary/aromatic N) is 2. The molecule has 7 amide bonds. The lowest BCUT2D eigenvalue weighted by molar-refractivity contribution is -0.145. The first-order valence-electron chi connectivity index (χ1n) is 26.1. The van der Waals surface area contributed by atoms with Crippen molar-refractivity contribution >= 4 is 41.4 Å². The van der Waals surface area contributed by atoms with E-state index in [0.29, 0.717) is 12.2 Å². The first kappa shape index (κ1) is 56.3. The molecule has 11 N–H and O–H groups in total. The first-order chi connectivity index (χ1) is 36.5. The molecule has 0 radical (unpaired) electrons. The number of ether oxygens (including phenoxy) is 1. The standard InChI is InChI=1S/C56H70N8O12/c1-3-4-5-27-76-43-23-19-38(20-24-43)36-13-11-35(12-14-36)37-15-17-39(18-16-37)50(69)59-44-7-6-26-58-53(72)47-28-40(57)30-63(47)55(74)46(32-65)61-51(70)45(25-10-34-8-21-41(67)22-9-34)60-54(73)48-29-42(68)31-64(48)56(75)49(33(2)66)62-52(44)71/h8-9,11-24,33,40,42,44-49,65-68H,3-7,10,25-32,57H2,1-2H3,(H,58,72)(H,59,69)(H,60,73)(H,61,70)(H,62,71)/t33-,40+,42-,44+,45+,46+,47+,48+,49+/m1/s1. The van der Waals surface area contributed by atoms with Crippen LogP contribution in [0.15, 0.2) is 97.1 Å². The molecule has 0 saturated carbocycles. The number of nitrogens with one attached hydrogen (secondary N) is 5. The number of unbranched alkanes of at least 4 members (excludes halogenated alkanes) is 2. The summed E-state index contributed by atoms with van der Waals surface area (Å²) < 4.78 is 5.86. The van der Waals surface area contributed by atoms with Crippen molar-refractivity contribution < 1.29 is 58.7 Å². The topological polar surface area (TPSA) is 302 Å². The van der Waals surface area contributed by atoms with Crippen LogP contribution in [0.3, 0.4) is 0 Å². The second kappa shape index (κ2) is 26.4. The number of phenolic OH excluding ortho intramolecular Hbond substituents is 1. The average molecular weight is 1050 g/mol. The number of carbonyl (C=O) groups is 7. The van der Waals surface area contributed by atoms with E-state index in [0.717, 1.165) is 52.2 Å². The molecule has 4 aromatic rings. The van der Waals surface area contributed by atoms with E-state index >= 15 is 0 Å². The lowest BCUT2D eigenvalue weighted by atomic mass is 9.99. The lowest BCUT2D eigenvalue weighted by Crippen LogP contribution is -2.61. The molecule has 0 spiro atoms. The molecule has 3 heterocycles. The largest absolute Gasteiger partial charge is 0.508 e. The van der Waals surface area contributed by atoms with E-state index < -0.39 is 102 Å². The highest BCUT2D eigenvalue weighted by Crippen LogP contribution is 2.28. The van der Waals surface area contributed by atoms with Gasteiger partial charge in [-0.3, -0.25) is 33.6 Å². The van der Waals surface area contributed by atoms with Crippen molar-refractivity contribution in [1.29, 1.82) is 0 Å². The Bertz CT molecular complexity index is 2650. The fourth-order valence-corrected chi connectivity index (χ4v) is 9.76. The Hall–Kier alpha value is -7.39. The van der Waals surface area contributed by atoms with Crippen molar-refractivity contribution in [2.24, 2.45) is 5.73 Å². The van der Waals surface area contributed by atoms with E-state index in [4.69, 9.17) is 10.5 Å². The Morgan fingerprint density at radius 1 is 0.737 bits per heavy atom. The molecule has 0 aromatic heterocycles. The minimum absolute atomic E-state index is 0.00411. The summed E-state index contributed by atoms with van der Waals surface area (Å²) in [6, 6.07) is 19.7. The van der Waals surface area contributed by atoms with Gasteiger partial charge in [0, 0.05) is 37.7 Å². The van der Waals surface area contributed by atoms with Crippen molar-refractivity contribution in [3.05, 3.63) is 108 Å². The number of aryl methyl sites for hydroxylation is 1. The highest BCUT2D eigenvalue weighted by molar-refractivity contribution is 6.00. The van der Waals surface area contributed by atoms with Crippen LogP contribution in [-0.2, 0) is 35.2 Å². The maximum atomic E-state index is 14.4. The van der Waals surface area contributed by atoms with E-state index in [1.807, 2.05) is 48.5 Å². The fourth-order valence-electron chi connectivity index (χ4n) is 9.76. The highest BCUT2D eigenvalue weighted by Gasteiger charge is 2.45. The van der Waals surface area contributed by atoms with Gasteiger partial charge in [-0.05, 0) is 110 Å². The predicted molar refractivity (Wildman–Crippen MR) is 281 cm³/mol. The summed E-state index contributed by atoms with van der Waals surface area (Å²) in [7, 11) is 0. The summed E-state index contributed by atoms with van der Waals surface area (Å²) >= 11 is 0. The van der Waals surface area contributed by atoms with Crippen LogP contribution in [0.1, 0.15) is 81.1 Å². The van der Waals surface area contributed by atoms with E-state index in [9.17, 15) is 54.0 Å². The first-order valence-corrected chi connectivity index (χ1v) is 26.1. The van der Waals surface area contributed by atoms with Gasteiger partial charge in [-0.15, -0.1) is 0 Å². The van der Waals surface area contributed by atoms with Gasteiger partial charge >= 0.3 is 0 Å². The number of hydrogen-bond donors (Lipinski definition) is 10. The van der Waals surface area contributed by atoms with Gasteiger partial charge in [-0.25, -0.2) is 0 Å². The van der Waals surface area contributed by atoms with Crippen LogP contribution in [0.2, 0.25) is 0 Å². The van der Waals surface area contributed by atoms with Crippen molar-refractivity contribution in [2.45, 2.75) is 126 Å². The van der Waals surface area contributed by atoms with E-state index in [1.165, 1.54) is 24.0 Å². The molecule has 0 aliphatic carbocycles. The van der Waals surface area contributed by atoms with Gasteiger partial charge in [0.15, 0.2) is 0 Å². The fraction of sp³-hybridized carbons (Fsp3) is 0.446. The second-order valence-electron chi connectivity index (χ2n) is 19.8. The van der Waals surface area contributed by atoms with Gasteiger partial charge in [-0.2, -0.15) is 0 Å². The average Bonchev–Trinajstić information content (AvgIpc) is 4.02. The zero-order valence-corrected chi connectivity index (χ0v) is 42.9. The monoisotopic (exact) mass is 1050 g/mol. The number of fused-ring (bicyclic) bond motifs is 2. The SMILES string of the molecule is CCCCCOc1ccc(-c2ccc(-c3ccc(C(=O)N[C@H]4CCCNC(=O)[C@@H]5C[C@H](N)CN5C(=O)[C@H](CO)NC(=O)[C@H](CCc5ccc(O)cc5)NC(=O)[C@@H]5C[C@@H](O)CN5C(=O)[C@H]([C@@H](C)O)NC4=O)cc3)cc2)cc1. The molecule has 4 aromatic carbocycles. The number of nitrogens with two attached hydrogens (primary N) is 1. The maximum Gasteiger partial charge on any atom is 0.251 e. The van der Waals surface area contributed by atoms with Crippen molar-refractivity contribution in [2.75, 3.05) is 32.8 Å². The summed E-state index contributed by atoms with van der Waals surface area (Å²) in [6.45, 7) is 2.72. The molecular weight excluding hydrogens is 977 g/mol. The number of phenols is 1. The van der Waals surface area contributed by atoms with E-state index in [2.05, 4.69) is 33.5 Å². The summed E-state index contributed by atoms with van der Waals surface area (Å²) in [4.78, 5) is 101. The Kier molecular flexibility index (Phi) is 19.6. The van der Waals surface area contributed by atoms with Crippen molar-refractivity contribution in [3.63, 3.8) is 0 Å². The van der Waals surface area contributed by atoms with E-state index in [1.54, 1.807) is 36.4 Å². The molecule has 20 nitrogen and oxygen atoms in total. The lowest BCUT2D eigenvalue weighted by Gasteiger charge is -2.32. The van der Waals surface area contributed by atoms with Gasteiger partial charge < -0.3 is 67.3 Å². The molecule has 20 heteroatoms. The molecule has 3 saturated heterocycles. The second-order valence-corrected chi connectivity index (χ2v) is 19.8. The molecule has 9 atom stereocenters. The van der Waals surface area contributed by atoms with Crippen LogP contribution in [-0.4, -0.2) is 159 Å². The number of aliphatic hydroxyl groups is 3. The number of rotatable bonds is 14. The molecule has 3 aliphatic rings. The van der Waals surface area contributed by atoms with Crippen molar-refractivity contribution in [1.82, 2.24) is 36.4 Å². The Morgan fingerprint density at radius 2 is 1.33 bits per heavy atom. The van der Waals surface area contributed by atoms with Gasteiger partial charge in [0.25, 0.3) is 5.91 Å². The van der Waals surface area contributed by atoms with Crippen LogP contribution in [0, 0.1) is 0 Å². The summed E-state index contributed by atoms with van der Waals surface area (Å²) in [5.41, 5.74) is 10.9. The number of hydrogen-bond acceptors (Lipinski definition) is 13. The van der Waals surface area contributed by atoms with Crippen molar-refractivity contribution in [3.8, 4) is 33.8 Å². The molecule has 3 aliphatic heterocycles. The highest BCUT2D eigenvalue weighted by atomic mass is 16.5. The van der Waals surface area contributed by atoms with Gasteiger partial charge in [-0.1, -0.05) is 80.4 Å². The number of carbonyl (C=O) groups excluding carboxylic acids is 7. The third-order valence-electron chi connectivity index (χ3n) is 14.1. The van der Waals surface area contributed by atoms with Crippen LogP contribution in [0.25, 0.3) is 22.3 Å². The molecule has 0 bridgehead atoms. The molecule has 76 heavy (non-hydrogen) atoms. The summed E-state index contributed by atoms with van der Waals surface area (Å²) in [5.74, 6) is -4.74.